The molecule has 0 aliphatic carbocycles. The van der Waals surface area contributed by atoms with Crippen molar-refractivity contribution in [3.8, 4) is 5.75 Å². The van der Waals surface area contributed by atoms with Crippen LogP contribution in [0, 0.1) is 0 Å². The van der Waals surface area contributed by atoms with E-state index in [-0.39, 0.29) is 17.5 Å². The van der Waals surface area contributed by atoms with Gasteiger partial charge in [0.2, 0.25) is 10.0 Å². The third-order valence-corrected chi connectivity index (χ3v) is 5.74. The average molecular weight is 314 g/mol. The lowest BCUT2D eigenvalue weighted by Gasteiger charge is -2.30. The van der Waals surface area contributed by atoms with Gasteiger partial charge in [0.25, 0.3) is 0 Å². The highest BCUT2D eigenvalue weighted by molar-refractivity contribution is 7.89. The van der Waals surface area contributed by atoms with E-state index in [1.54, 1.807) is 25.3 Å². The van der Waals surface area contributed by atoms with Crippen molar-refractivity contribution in [2.45, 2.75) is 30.4 Å². The maximum Gasteiger partial charge on any atom is 0.243 e. The van der Waals surface area contributed by atoms with Crippen molar-refractivity contribution < 1.29 is 17.9 Å². The summed E-state index contributed by atoms with van der Waals surface area (Å²) >= 11 is 0. The van der Waals surface area contributed by atoms with Gasteiger partial charge in [0.15, 0.2) is 0 Å². The van der Waals surface area contributed by atoms with Gasteiger partial charge in [0.1, 0.15) is 5.75 Å². The predicted molar refractivity (Wildman–Crippen MR) is 79.7 cm³/mol. The van der Waals surface area contributed by atoms with Crippen LogP contribution in [-0.2, 0) is 21.3 Å². The number of rotatable bonds is 5. The van der Waals surface area contributed by atoms with Crippen molar-refractivity contribution in [1.82, 2.24) is 4.31 Å². The van der Waals surface area contributed by atoms with Crippen molar-refractivity contribution in [2.75, 3.05) is 27.3 Å². The summed E-state index contributed by atoms with van der Waals surface area (Å²) in [5, 5.41) is 0. The minimum absolute atomic E-state index is 0.145. The Balaban J connectivity index is 2.24. The fourth-order valence-corrected chi connectivity index (χ4v) is 4.05. The Morgan fingerprint density at radius 3 is 2.48 bits per heavy atom. The van der Waals surface area contributed by atoms with Crippen LogP contribution in [0.15, 0.2) is 23.1 Å². The smallest absolute Gasteiger partial charge is 0.243 e. The fourth-order valence-electron chi connectivity index (χ4n) is 2.53. The lowest BCUT2D eigenvalue weighted by Crippen LogP contribution is -2.40. The molecule has 1 fully saturated rings. The number of sulfonamides is 1. The molecule has 1 aliphatic rings. The molecule has 6 nitrogen and oxygen atoms in total. The number of nitrogens with zero attached hydrogens (tertiary/aromatic N) is 1. The van der Waals surface area contributed by atoms with Gasteiger partial charge in [-0.1, -0.05) is 0 Å². The average Bonchev–Trinajstić information content (AvgIpc) is 2.54. The molecule has 0 unspecified atom stereocenters. The molecule has 1 aromatic rings. The Bertz CT molecular complexity index is 581. The maximum atomic E-state index is 12.7. The van der Waals surface area contributed by atoms with E-state index in [1.807, 2.05) is 0 Å². The van der Waals surface area contributed by atoms with Gasteiger partial charge in [0, 0.05) is 32.3 Å². The second-order valence-electron chi connectivity index (χ2n) is 5.02. The van der Waals surface area contributed by atoms with Gasteiger partial charge in [-0.3, -0.25) is 0 Å². The maximum absolute atomic E-state index is 12.7. The summed E-state index contributed by atoms with van der Waals surface area (Å²) < 4.78 is 37.3. The van der Waals surface area contributed by atoms with Crippen LogP contribution in [0.3, 0.4) is 0 Å². The van der Waals surface area contributed by atoms with E-state index in [0.717, 1.165) is 12.8 Å². The van der Waals surface area contributed by atoms with Gasteiger partial charge < -0.3 is 15.2 Å². The Hall–Kier alpha value is -1.15. The summed E-state index contributed by atoms with van der Waals surface area (Å²) in [5.41, 5.74) is 6.33. The van der Waals surface area contributed by atoms with Crippen LogP contribution in [0.2, 0.25) is 0 Å². The highest BCUT2D eigenvalue weighted by atomic mass is 32.2. The number of piperidine rings is 1. The summed E-state index contributed by atoms with van der Waals surface area (Å²) in [6.07, 6.45) is 1.58. The summed E-state index contributed by atoms with van der Waals surface area (Å²) in [7, 11) is -0.286. The molecule has 0 saturated carbocycles. The van der Waals surface area contributed by atoms with Crippen molar-refractivity contribution in [1.29, 1.82) is 0 Å². The first kappa shape index (κ1) is 16.2. The molecular weight excluding hydrogens is 292 g/mol. The molecule has 0 amide bonds. The van der Waals surface area contributed by atoms with Gasteiger partial charge >= 0.3 is 0 Å². The van der Waals surface area contributed by atoms with Crippen LogP contribution in [0.1, 0.15) is 18.4 Å². The molecular formula is C14H22N2O4S. The molecule has 2 rings (SSSR count). The summed E-state index contributed by atoms with van der Waals surface area (Å²) in [5.74, 6) is 0.606. The molecule has 2 N–H and O–H groups in total. The molecule has 7 heteroatoms. The van der Waals surface area contributed by atoms with Crippen LogP contribution >= 0.6 is 0 Å². The molecule has 0 spiro atoms. The van der Waals surface area contributed by atoms with Crippen LogP contribution in [0.25, 0.3) is 0 Å². The highest BCUT2D eigenvalue weighted by Gasteiger charge is 2.29. The van der Waals surface area contributed by atoms with E-state index < -0.39 is 10.0 Å². The molecule has 1 saturated heterocycles. The molecule has 0 atom stereocenters. The zero-order chi connectivity index (χ0) is 15.5. The quantitative estimate of drug-likeness (QED) is 0.875. The second-order valence-corrected chi connectivity index (χ2v) is 6.95. The first-order valence-corrected chi connectivity index (χ1v) is 8.37. The summed E-state index contributed by atoms with van der Waals surface area (Å²) in [6.45, 7) is 1.19. The lowest BCUT2D eigenvalue weighted by atomic mass is 10.1. The van der Waals surface area contributed by atoms with Gasteiger partial charge in [0.05, 0.1) is 18.1 Å². The zero-order valence-electron chi connectivity index (χ0n) is 12.4. The molecule has 0 bridgehead atoms. The molecule has 1 aromatic carbocycles. The third-order valence-electron chi connectivity index (χ3n) is 3.84. The Labute approximate surface area is 125 Å². The standard InChI is InChI=1S/C14H22N2O4S/c1-19-12-5-7-16(8-6-12)21(17,18)13-3-4-14(20-2)11(9-13)10-15/h3-4,9,12H,5-8,10,15H2,1-2H3. The molecule has 21 heavy (non-hydrogen) atoms. The molecule has 118 valence electrons. The van der Waals surface area contributed by atoms with Crippen LogP contribution in [-0.4, -0.2) is 46.1 Å². The minimum atomic E-state index is -3.48. The van der Waals surface area contributed by atoms with E-state index in [9.17, 15) is 8.42 Å². The normalized spacial score (nSPS) is 17.9. The number of nitrogens with two attached hydrogens (primary N) is 1. The fraction of sp³-hybridized carbons (Fsp3) is 0.571. The van der Waals surface area contributed by atoms with Crippen molar-refractivity contribution in [2.24, 2.45) is 5.73 Å². The Kier molecular flexibility index (Phi) is 5.21. The van der Waals surface area contributed by atoms with Crippen molar-refractivity contribution in [3.05, 3.63) is 23.8 Å². The van der Waals surface area contributed by atoms with E-state index in [4.69, 9.17) is 15.2 Å². The number of methoxy groups -OCH3 is 2. The first-order chi connectivity index (χ1) is 10.0. The first-order valence-electron chi connectivity index (χ1n) is 6.93. The topological polar surface area (TPSA) is 81.9 Å². The predicted octanol–water partition coefficient (Wildman–Crippen LogP) is 0.953. The number of benzene rings is 1. The highest BCUT2D eigenvalue weighted by Crippen LogP contribution is 2.26. The van der Waals surface area contributed by atoms with Crippen molar-refractivity contribution in [3.63, 3.8) is 0 Å². The Morgan fingerprint density at radius 1 is 1.29 bits per heavy atom. The third kappa shape index (κ3) is 3.37. The second kappa shape index (κ2) is 6.74. The largest absolute Gasteiger partial charge is 0.496 e. The van der Waals surface area contributed by atoms with Crippen LogP contribution in [0.4, 0.5) is 0 Å². The molecule has 1 heterocycles. The summed E-state index contributed by atoms with van der Waals surface area (Å²) in [6, 6.07) is 4.81. The van der Waals surface area contributed by atoms with E-state index in [1.165, 1.54) is 11.4 Å². The van der Waals surface area contributed by atoms with Gasteiger partial charge in [-0.2, -0.15) is 4.31 Å². The summed E-state index contributed by atoms with van der Waals surface area (Å²) in [4.78, 5) is 0.264. The van der Waals surface area contributed by atoms with Crippen LogP contribution in [0.5, 0.6) is 5.75 Å². The molecule has 1 aliphatic heterocycles. The molecule has 0 aromatic heterocycles. The zero-order valence-corrected chi connectivity index (χ0v) is 13.2. The number of ether oxygens (including phenoxy) is 2. The number of hydrogen-bond donors (Lipinski definition) is 1. The van der Waals surface area contributed by atoms with E-state index in [0.29, 0.717) is 24.4 Å². The SMILES string of the molecule is COc1ccc(S(=O)(=O)N2CCC(OC)CC2)cc1CN. The Morgan fingerprint density at radius 2 is 1.95 bits per heavy atom. The van der Waals surface area contributed by atoms with Gasteiger partial charge in [-0.05, 0) is 31.0 Å². The lowest BCUT2D eigenvalue weighted by molar-refractivity contribution is 0.0604. The molecule has 0 radical (unpaired) electrons. The minimum Gasteiger partial charge on any atom is -0.496 e. The van der Waals surface area contributed by atoms with E-state index in [2.05, 4.69) is 0 Å². The van der Waals surface area contributed by atoms with Crippen LogP contribution < -0.4 is 10.5 Å². The monoisotopic (exact) mass is 314 g/mol. The number of hydrogen-bond acceptors (Lipinski definition) is 5. The van der Waals surface area contributed by atoms with Gasteiger partial charge in [-0.25, -0.2) is 8.42 Å². The van der Waals surface area contributed by atoms with E-state index >= 15 is 0 Å². The van der Waals surface area contributed by atoms with Crippen molar-refractivity contribution >= 4 is 10.0 Å². The van der Waals surface area contributed by atoms with Gasteiger partial charge in [-0.15, -0.1) is 0 Å².